The predicted molar refractivity (Wildman–Crippen MR) is 71.6 cm³/mol. The minimum absolute atomic E-state index is 0.0758. The van der Waals surface area contributed by atoms with Crippen molar-refractivity contribution in [2.45, 2.75) is 6.92 Å². The van der Waals surface area contributed by atoms with Crippen LogP contribution >= 0.6 is 11.3 Å². The average molecular weight is 279 g/mol. The molecule has 1 heterocycles. The van der Waals surface area contributed by atoms with Crippen molar-refractivity contribution in [2.24, 2.45) is 0 Å². The Balaban J connectivity index is 1.79. The molecule has 2 aromatic rings. The normalized spacial score (nSPS) is 9.95. The van der Waals surface area contributed by atoms with Crippen LogP contribution in [0.15, 0.2) is 29.8 Å². The van der Waals surface area contributed by atoms with Crippen LogP contribution in [0.4, 0.5) is 5.13 Å². The maximum atomic E-state index is 11.5. The Morgan fingerprint density at radius 2 is 1.95 bits per heavy atom. The summed E-state index contributed by atoms with van der Waals surface area (Å²) in [4.78, 5) is 11.5. The number of carbonyl (C=O) groups excluding carboxylic acids is 1. The fourth-order valence-corrected chi connectivity index (χ4v) is 1.79. The number of carbonyl (C=O) groups is 1. The van der Waals surface area contributed by atoms with Gasteiger partial charge in [-0.2, -0.15) is 0 Å². The number of ether oxygens (including phenoxy) is 2. The quantitative estimate of drug-likeness (QED) is 0.875. The maximum Gasteiger partial charge on any atom is 0.264 e. The second-order valence-electron chi connectivity index (χ2n) is 3.49. The molecule has 0 saturated heterocycles. The number of aromatic nitrogens is 2. The number of benzene rings is 1. The van der Waals surface area contributed by atoms with Crippen molar-refractivity contribution >= 4 is 22.4 Å². The average Bonchev–Trinajstić information content (AvgIpc) is 2.91. The molecule has 0 aliphatic heterocycles. The third kappa shape index (κ3) is 4.22. The molecule has 19 heavy (non-hydrogen) atoms. The summed E-state index contributed by atoms with van der Waals surface area (Å²) < 4.78 is 10.6. The lowest BCUT2D eigenvalue weighted by Gasteiger charge is -2.07. The van der Waals surface area contributed by atoms with Crippen LogP contribution in [-0.4, -0.2) is 29.3 Å². The standard InChI is InChI=1S/C12H13N3O3S/c1-2-17-9-3-5-10(6-4-9)18-7-11(16)14-12-15-13-8-19-12/h3-6,8H,2,7H2,1H3,(H,14,15,16). The third-order valence-corrected chi connectivity index (χ3v) is 2.72. The van der Waals surface area contributed by atoms with E-state index >= 15 is 0 Å². The molecule has 1 aromatic heterocycles. The molecule has 0 fully saturated rings. The van der Waals surface area contributed by atoms with Gasteiger partial charge in [-0.3, -0.25) is 10.1 Å². The highest BCUT2D eigenvalue weighted by Gasteiger charge is 2.05. The summed E-state index contributed by atoms with van der Waals surface area (Å²) in [6, 6.07) is 7.09. The molecule has 1 aromatic carbocycles. The lowest BCUT2D eigenvalue weighted by molar-refractivity contribution is -0.118. The van der Waals surface area contributed by atoms with E-state index in [-0.39, 0.29) is 12.5 Å². The molecule has 1 amide bonds. The van der Waals surface area contributed by atoms with Gasteiger partial charge in [-0.15, -0.1) is 10.2 Å². The molecule has 0 bridgehead atoms. The minimum atomic E-state index is -0.273. The van der Waals surface area contributed by atoms with Gasteiger partial charge in [0.05, 0.1) is 6.61 Å². The SMILES string of the molecule is CCOc1ccc(OCC(=O)Nc2nncs2)cc1. The first-order valence-electron chi connectivity index (χ1n) is 5.69. The number of amides is 1. The molecule has 0 saturated carbocycles. The molecule has 0 aliphatic carbocycles. The highest BCUT2D eigenvalue weighted by molar-refractivity contribution is 7.13. The van der Waals surface area contributed by atoms with Crippen LogP contribution in [-0.2, 0) is 4.79 Å². The first-order chi connectivity index (χ1) is 9.28. The van der Waals surface area contributed by atoms with Crippen LogP contribution in [0.5, 0.6) is 11.5 Å². The maximum absolute atomic E-state index is 11.5. The van der Waals surface area contributed by atoms with Gasteiger partial charge in [-0.05, 0) is 31.2 Å². The highest BCUT2D eigenvalue weighted by Crippen LogP contribution is 2.17. The number of anilines is 1. The van der Waals surface area contributed by atoms with E-state index in [1.54, 1.807) is 29.8 Å². The van der Waals surface area contributed by atoms with Crippen molar-refractivity contribution < 1.29 is 14.3 Å². The van der Waals surface area contributed by atoms with Crippen LogP contribution in [0.1, 0.15) is 6.92 Å². The Kier molecular flexibility index (Phi) is 4.68. The molecular formula is C12H13N3O3S. The van der Waals surface area contributed by atoms with E-state index < -0.39 is 0 Å². The Labute approximate surface area is 114 Å². The number of nitrogens with one attached hydrogen (secondary N) is 1. The second kappa shape index (κ2) is 6.69. The van der Waals surface area contributed by atoms with Crippen LogP contribution in [0.2, 0.25) is 0 Å². The number of hydrogen-bond donors (Lipinski definition) is 1. The molecule has 7 heteroatoms. The first kappa shape index (κ1) is 13.3. The number of nitrogens with zero attached hydrogens (tertiary/aromatic N) is 2. The molecule has 0 spiro atoms. The van der Waals surface area contributed by atoms with Crippen molar-refractivity contribution in [1.29, 1.82) is 0 Å². The Bertz CT molecular complexity index is 514. The van der Waals surface area contributed by atoms with Crippen LogP contribution < -0.4 is 14.8 Å². The smallest absolute Gasteiger partial charge is 0.264 e. The molecule has 0 atom stereocenters. The van der Waals surface area contributed by atoms with Gasteiger partial charge in [-0.25, -0.2) is 0 Å². The van der Waals surface area contributed by atoms with Crippen molar-refractivity contribution in [3.63, 3.8) is 0 Å². The summed E-state index contributed by atoms with van der Waals surface area (Å²) in [5, 5.41) is 10.4. The van der Waals surface area contributed by atoms with E-state index in [2.05, 4.69) is 15.5 Å². The molecule has 6 nitrogen and oxygen atoms in total. The summed E-state index contributed by atoms with van der Waals surface area (Å²) in [6.07, 6.45) is 0. The fourth-order valence-electron chi connectivity index (χ4n) is 1.33. The van der Waals surface area contributed by atoms with Crippen molar-refractivity contribution in [1.82, 2.24) is 10.2 Å². The molecule has 1 N–H and O–H groups in total. The van der Waals surface area contributed by atoms with Gasteiger partial charge in [0.1, 0.15) is 17.0 Å². The van der Waals surface area contributed by atoms with E-state index in [0.717, 1.165) is 5.75 Å². The van der Waals surface area contributed by atoms with E-state index in [0.29, 0.717) is 17.5 Å². The van der Waals surface area contributed by atoms with E-state index in [1.165, 1.54) is 11.3 Å². The Morgan fingerprint density at radius 1 is 1.26 bits per heavy atom. The number of hydrogen-bond acceptors (Lipinski definition) is 6. The van der Waals surface area contributed by atoms with E-state index in [9.17, 15) is 4.79 Å². The largest absolute Gasteiger partial charge is 0.494 e. The lowest BCUT2D eigenvalue weighted by atomic mass is 10.3. The van der Waals surface area contributed by atoms with Crippen molar-refractivity contribution in [3.05, 3.63) is 29.8 Å². The van der Waals surface area contributed by atoms with Gasteiger partial charge in [0.2, 0.25) is 5.13 Å². The van der Waals surface area contributed by atoms with Crippen LogP contribution in [0.25, 0.3) is 0 Å². The molecule has 2 rings (SSSR count). The van der Waals surface area contributed by atoms with E-state index in [1.807, 2.05) is 6.92 Å². The molecule has 100 valence electrons. The van der Waals surface area contributed by atoms with Gasteiger partial charge in [-0.1, -0.05) is 11.3 Å². The van der Waals surface area contributed by atoms with Crippen LogP contribution in [0, 0.1) is 0 Å². The summed E-state index contributed by atoms with van der Waals surface area (Å²) in [7, 11) is 0. The predicted octanol–water partition coefficient (Wildman–Crippen LogP) is 1.95. The molecular weight excluding hydrogens is 266 g/mol. The van der Waals surface area contributed by atoms with Gasteiger partial charge in [0.25, 0.3) is 5.91 Å². The monoisotopic (exact) mass is 279 g/mol. The van der Waals surface area contributed by atoms with Gasteiger partial charge in [0, 0.05) is 0 Å². The zero-order valence-corrected chi connectivity index (χ0v) is 11.1. The van der Waals surface area contributed by atoms with E-state index in [4.69, 9.17) is 9.47 Å². The lowest BCUT2D eigenvalue weighted by Crippen LogP contribution is -2.20. The second-order valence-corrected chi connectivity index (χ2v) is 4.32. The zero-order chi connectivity index (χ0) is 13.5. The summed E-state index contributed by atoms with van der Waals surface area (Å²) in [5.41, 5.74) is 1.54. The summed E-state index contributed by atoms with van der Waals surface area (Å²) in [5.74, 6) is 1.11. The van der Waals surface area contributed by atoms with Crippen molar-refractivity contribution in [3.8, 4) is 11.5 Å². The summed E-state index contributed by atoms with van der Waals surface area (Å²) in [6.45, 7) is 2.46. The topological polar surface area (TPSA) is 73.3 Å². The van der Waals surface area contributed by atoms with Crippen molar-refractivity contribution in [2.75, 3.05) is 18.5 Å². The third-order valence-electron chi connectivity index (χ3n) is 2.11. The molecule has 0 aliphatic rings. The summed E-state index contributed by atoms with van der Waals surface area (Å²) >= 11 is 1.25. The number of rotatable bonds is 6. The highest BCUT2D eigenvalue weighted by atomic mass is 32.1. The van der Waals surface area contributed by atoms with Gasteiger partial charge < -0.3 is 9.47 Å². The molecule has 0 unspecified atom stereocenters. The van der Waals surface area contributed by atoms with Gasteiger partial charge >= 0.3 is 0 Å². The Morgan fingerprint density at radius 3 is 2.53 bits per heavy atom. The zero-order valence-electron chi connectivity index (χ0n) is 10.3. The fraction of sp³-hybridized carbons (Fsp3) is 0.250. The minimum Gasteiger partial charge on any atom is -0.494 e. The Hall–Kier alpha value is -2.15. The first-order valence-corrected chi connectivity index (χ1v) is 6.57. The van der Waals surface area contributed by atoms with Gasteiger partial charge in [0.15, 0.2) is 6.61 Å². The van der Waals surface area contributed by atoms with Crippen LogP contribution in [0.3, 0.4) is 0 Å². The molecule has 0 radical (unpaired) electrons.